The highest BCUT2D eigenvalue weighted by Gasteiger charge is 2.07. The first-order chi connectivity index (χ1) is 6.20. The maximum atomic E-state index is 12.8. The van der Waals surface area contributed by atoms with Crippen LogP contribution < -0.4 is 0 Å². The number of hydrogen-bond acceptors (Lipinski definition) is 4. The van der Waals surface area contributed by atoms with E-state index in [2.05, 4.69) is 4.98 Å². The van der Waals surface area contributed by atoms with Gasteiger partial charge in [-0.05, 0) is 0 Å². The maximum Gasteiger partial charge on any atom is 0.195 e. The maximum absolute atomic E-state index is 12.8. The zero-order valence-electron chi connectivity index (χ0n) is 6.28. The van der Waals surface area contributed by atoms with E-state index in [1.165, 1.54) is 6.07 Å². The molecule has 2 rings (SSSR count). The molecule has 0 bridgehead atoms. The number of benzene rings is 1. The summed E-state index contributed by atoms with van der Waals surface area (Å²) in [7, 11) is 0. The van der Waals surface area contributed by atoms with Crippen LogP contribution in [0, 0.1) is 17.1 Å². The lowest BCUT2D eigenvalue weighted by Crippen LogP contribution is -1.75. The van der Waals surface area contributed by atoms with Crippen LogP contribution in [0.4, 0.5) is 4.39 Å². The topological polar surface area (TPSA) is 56.9 Å². The van der Waals surface area contributed by atoms with Gasteiger partial charge in [0.25, 0.3) is 0 Å². The van der Waals surface area contributed by atoms with Crippen molar-refractivity contribution >= 4 is 21.6 Å². The second-order valence-electron chi connectivity index (χ2n) is 2.40. The van der Waals surface area contributed by atoms with E-state index in [0.717, 1.165) is 17.4 Å². The standard InChI is InChI=1S/C8H3FN2OS/c9-4-1-5-7(2-6(4)12)13-8(3-10)11-5/h1-2,12H. The molecule has 1 N–H and O–H groups in total. The Morgan fingerprint density at radius 1 is 1.54 bits per heavy atom. The summed E-state index contributed by atoms with van der Waals surface area (Å²) >= 11 is 1.12. The number of nitriles is 1. The third kappa shape index (κ3) is 1.21. The Hall–Kier alpha value is -1.67. The minimum absolute atomic E-state index is 0.264. The Morgan fingerprint density at radius 3 is 3.00 bits per heavy atom. The molecule has 0 amide bonds. The summed E-state index contributed by atoms with van der Waals surface area (Å²) in [6, 6.07) is 4.24. The highest BCUT2D eigenvalue weighted by Crippen LogP contribution is 2.27. The molecule has 1 heterocycles. The van der Waals surface area contributed by atoms with Gasteiger partial charge in [0.1, 0.15) is 6.07 Å². The van der Waals surface area contributed by atoms with E-state index in [1.807, 2.05) is 6.07 Å². The number of phenolic OH excluding ortho intramolecular Hbond substituents is 1. The molecular weight excluding hydrogens is 191 g/mol. The first kappa shape index (κ1) is 7.95. The Kier molecular flexibility index (Phi) is 1.64. The number of rotatable bonds is 0. The molecule has 0 spiro atoms. The van der Waals surface area contributed by atoms with E-state index in [-0.39, 0.29) is 5.01 Å². The quantitative estimate of drug-likeness (QED) is 0.697. The average molecular weight is 194 g/mol. The minimum atomic E-state index is -0.720. The number of aromatic hydroxyl groups is 1. The van der Waals surface area contributed by atoms with Crippen LogP contribution in [0.5, 0.6) is 5.75 Å². The molecule has 0 fully saturated rings. The molecule has 64 valence electrons. The number of halogens is 1. The van der Waals surface area contributed by atoms with Crippen molar-refractivity contribution in [2.45, 2.75) is 0 Å². The van der Waals surface area contributed by atoms with Crippen LogP contribution in [0.3, 0.4) is 0 Å². The van der Waals surface area contributed by atoms with Crippen molar-refractivity contribution in [1.82, 2.24) is 4.98 Å². The lowest BCUT2D eigenvalue weighted by molar-refractivity contribution is 0.434. The summed E-state index contributed by atoms with van der Waals surface area (Å²) in [5.41, 5.74) is 0.400. The lowest BCUT2D eigenvalue weighted by atomic mass is 10.3. The van der Waals surface area contributed by atoms with Crippen LogP contribution in [0.1, 0.15) is 5.01 Å². The zero-order valence-corrected chi connectivity index (χ0v) is 7.10. The molecule has 0 saturated carbocycles. The fraction of sp³-hybridized carbons (Fsp3) is 0. The van der Waals surface area contributed by atoms with Crippen molar-refractivity contribution in [1.29, 1.82) is 5.26 Å². The number of hydrogen-bond donors (Lipinski definition) is 1. The first-order valence-electron chi connectivity index (χ1n) is 3.40. The Morgan fingerprint density at radius 2 is 2.31 bits per heavy atom. The molecule has 0 aliphatic carbocycles. The molecular formula is C8H3FN2OS. The predicted molar refractivity (Wildman–Crippen MR) is 46.0 cm³/mol. The molecule has 0 unspecified atom stereocenters. The van der Waals surface area contributed by atoms with Crippen LogP contribution >= 0.6 is 11.3 Å². The summed E-state index contributed by atoms with van der Waals surface area (Å²) < 4.78 is 13.4. The molecule has 5 heteroatoms. The number of phenols is 1. The van der Waals surface area contributed by atoms with Crippen LogP contribution in [0.25, 0.3) is 10.2 Å². The van der Waals surface area contributed by atoms with Gasteiger partial charge in [-0.3, -0.25) is 0 Å². The summed E-state index contributed by atoms with van der Waals surface area (Å²) in [4.78, 5) is 3.84. The molecule has 3 nitrogen and oxygen atoms in total. The van der Waals surface area contributed by atoms with Gasteiger partial charge in [0.05, 0.1) is 10.2 Å². The first-order valence-corrected chi connectivity index (χ1v) is 4.21. The summed E-state index contributed by atoms with van der Waals surface area (Å²) in [5, 5.41) is 17.8. The van der Waals surface area contributed by atoms with E-state index >= 15 is 0 Å². The molecule has 0 radical (unpaired) electrons. The number of nitrogens with zero attached hydrogens (tertiary/aromatic N) is 2. The van der Waals surface area contributed by atoms with Crippen molar-refractivity contribution in [2.75, 3.05) is 0 Å². The largest absolute Gasteiger partial charge is 0.505 e. The van der Waals surface area contributed by atoms with Crippen LogP contribution in [-0.4, -0.2) is 10.1 Å². The number of fused-ring (bicyclic) bond motifs is 1. The average Bonchev–Trinajstić information content (AvgIpc) is 2.48. The Bertz CT molecular complexity index is 476. The zero-order chi connectivity index (χ0) is 9.42. The van der Waals surface area contributed by atoms with Crippen molar-refractivity contribution in [2.24, 2.45) is 0 Å². The van der Waals surface area contributed by atoms with Gasteiger partial charge in [-0.15, -0.1) is 11.3 Å². The van der Waals surface area contributed by atoms with Gasteiger partial charge in [-0.2, -0.15) is 5.26 Å². The third-order valence-corrected chi connectivity index (χ3v) is 2.48. The molecule has 1 aromatic heterocycles. The number of thiazole rings is 1. The van der Waals surface area contributed by atoms with Gasteiger partial charge in [0.15, 0.2) is 16.6 Å². The molecule has 0 saturated heterocycles. The van der Waals surface area contributed by atoms with Crippen molar-refractivity contribution in [3.05, 3.63) is 23.0 Å². The third-order valence-electron chi connectivity index (χ3n) is 1.55. The van der Waals surface area contributed by atoms with Gasteiger partial charge in [-0.1, -0.05) is 0 Å². The van der Waals surface area contributed by atoms with Gasteiger partial charge < -0.3 is 5.11 Å². The van der Waals surface area contributed by atoms with E-state index in [9.17, 15) is 4.39 Å². The van der Waals surface area contributed by atoms with Gasteiger partial charge >= 0.3 is 0 Å². The van der Waals surface area contributed by atoms with Crippen LogP contribution in [0.2, 0.25) is 0 Å². The van der Waals surface area contributed by atoms with E-state index in [4.69, 9.17) is 10.4 Å². The molecule has 0 aliphatic rings. The smallest absolute Gasteiger partial charge is 0.195 e. The van der Waals surface area contributed by atoms with Gasteiger partial charge in [-0.25, -0.2) is 9.37 Å². The SMILES string of the molecule is N#Cc1nc2cc(F)c(O)cc2s1. The van der Waals surface area contributed by atoms with E-state index in [0.29, 0.717) is 10.2 Å². The van der Waals surface area contributed by atoms with E-state index in [1.54, 1.807) is 0 Å². The van der Waals surface area contributed by atoms with Crippen LogP contribution in [0.15, 0.2) is 12.1 Å². The second-order valence-corrected chi connectivity index (χ2v) is 3.43. The summed E-state index contributed by atoms with van der Waals surface area (Å²) in [6.07, 6.45) is 0. The number of aromatic nitrogens is 1. The fourth-order valence-corrected chi connectivity index (χ4v) is 1.76. The fourth-order valence-electron chi connectivity index (χ4n) is 0.985. The molecule has 0 aliphatic heterocycles. The Balaban J connectivity index is 2.79. The van der Waals surface area contributed by atoms with Crippen molar-refractivity contribution in [3.8, 4) is 11.8 Å². The summed E-state index contributed by atoms with van der Waals surface area (Å²) in [6.45, 7) is 0. The molecule has 0 atom stereocenters. The summed E-state index contributed by atoms with van der Waals surface area (Å²) in [5.74, 6) is -1.14. The second kappa shape index (κ2) is 2.68. The van der Waals surface area contributed by atoms with Crippen molar-refractivity contribution < 1.29 is 9.50 Å². The van der Waals surface area contributed by atoms with Gasteiger partial charge in [0, 0.05) is 12.1 Å². The Labute approximate surface area is 76.7 Å². The highest BCUT2D eigenvalue weighted by molar-refractivity contribution is 7.19. The van der Waals surface area contributed by atoms with Crippen molar-refractivity contribution in [3.63, 3.8) is 0 Å². The molecule has 2 aromatic rings. The van der Waals surface area contributed by atoms with Gasteiger partial charge in [0.2, 0.25) is 0 Å². The highest BCUT2D eigenvalue weighted by atomic mass is 32.1. The normalized spacial score (nSPS) is 10.2. The predicted octanol–water partition coefficient (Wildman–Crippen LogP) is 2.01. The molecule has 13 heavy (non-hydrogen) atoms. The lowest BCUT2D eigenvalue weighted by Gasteiger charge is -1.92. The monoisotopic (exact) mass is 194 g/mol. The molecule has 1 aromatic carbocycles. The minimum Gasteiger partial charge on any atom is -0.505 e. The van der Waals surface area contributed by atoms with Crippen LogP contribution in [-0.2, 0) is 0 Å². The van der Waals surface area contributed by atoms with E-state index < -0.39 is 11.6 Å².